The third-order valence-electron chi connectivity index (χ3n) is 2.85. The van der Waals surface area contributed by atoms with Crippen molar-refractivity contribution in [3.8, 4) is 12.3 Å². The monoisotopic (exact) mass is 208 g/mol. The summed E-state index contributed by atoms with van der Waals surface area (Å²) in [6.45, 7) is 5.26. The molecule has 1 aliphatic carbocycles. The van der Waals surface area contributed by atoms with Crippen LogP contribution in [0.15, 0.2) is 0 Å². The third-order valence-corrected chi connectivity index (χ3v) is 2.85. The number of amides is 1. The molecular weight excluding hydrogens is 188 g/mol. The van der Waals surface area contributed by atoms with Crippen molar-refractivity contribution >= 4 is 5.91 Å². The fourth-order valence-corrected chi connectivity index (χ4v) is 2.09. The summed E-state index contributed by atoms with van der Waals surface area (Å²) in [5.74, 6) is 2.49. The third kappa shape index (κ3) is 4.35. The van der Waals surface area contributed by atoms with Crippen LogP contribution in [0.1, 0.15) is 33.1 Å². The maximum atomic E-state index is 11.4. The molecule has 15 heavy (non-hydrogen) atoms. The zero-order valence-corrected chi connectivity index (χ0v) is 9.60. The Morgan fingerprint density at radius 1 is 1.60 bits per heavy atom. The number of nitrogens with one attached hydrogen (secondary N) is 2. The number of carbonyl (C=O) groups is 1. The summed E-state index contributed by atoms with van der Waals surface area (Å²) in [5, 5.41) is 5.90. The minimum absolute atomic E-state index is 0.0490. The summed E-state index contributed by atoms with van der Waals surface area (Å²) in [6.07, 6.45) is 8.43. The summed E-state index contributed by atoms with van der Waals surface area (Å²) in [5.41, 5.74) is 0.379. The lowest BCUT2D eigenvalue weighted by molar-refractivity contribution is -0.120. The molecule has 0 aromatic rings. The molecule has 2 N–H and O–H groups in total. The summed E-state index contributed by atoms with van der Waals surface area (Å²) in [4.78, 5) is 11.4. The standard InChI is InChI=1S/C12H20N2O/c1-4-7-13-9-11(15)14-10-5-6-12(2,3)8-10/h1,10,13H,5-9H2,2-3H3,(H,14,15). The SMILES string of the molecule is C#CCNCC(=O)NC1CCC(C)(C)C1. The van der Waals surface area contributed by atoms with Crippen molar-refractivity contribution in [2.45, 2.75) is 39.2 Å². The van der Waals surface area contributed by atoms with Crippen molar-refractivity contribution in [1.82, 2.24) is 10.6 Å². The van der Waals surface area contributed by atoms with Gasteiger partial charge in [-0.05, 0) is 24.7 Å². The van der Waals surface area contributed by atoms with Crippen molar-refractivity contribution in [1.29, 1.82) is 0 Å². The highest BCUT2D eigenvalue weighted by atomic mass is 16.1. The average Bonchev–Trinajstić information content (AvgIpc) is 2.46. The molecule has 1 saturated carbocycles. The van der Waals surface area contributed by atoms with Gasteiger partial charge in [-0.1, -0.05) is 19.8 Å². The number of carbonyl (C=O) groups excluding carboxylic acids is 1. The largest absolute Gasteiger partial charge is 0.352 e. The Labute approximate surface area is 92.0 Å². The summed E-state index contributed by atoms with van der Waals surface area (Å²) < 4.78 is 0. The predicted octanol–water partition coefficient (Wildman–Crippen LogP) is 0.904. The maximum absolute atomic E-state index is 11.4. The van der Waals surface area contributed by atoms with Gasteiger partial charge in [-0.3, -0.25) is 10.1 Å². The zero-order chi connectivity index (χ0) is 11.3. The zero-order valence-electron chi connectivity index (χ0n) is 9.60. The second-order valence-corrected chi connectivity index (χ2v) is 4.98. The van der Waals surface area contributed by atoms with Crippen LogP contribution in [0.4, 0.5) is 0 Å². The van der Waals surface area contributed by atoms with E-state index in [2.05, 4.69) is 30.4 Å². The topological polar surface area (TPSA) is 41.1 Å². The highest BCUT2D eigenvalue weighted by molar-refractivity contribution is 5.78. The molecule has 1 unspecified atom stereocenters. The quantitative estimate of drug-likeness (QED) is 0.532. The lowest BCUT2D eigenvalue weighted by Crippen LogP contribution is -2.39. The van der Waals surface area contributed by atoms with E-state index in [1.54, 1.807) is 0 Å². The van der Waals surface area contributed by atoms with E-state index in [0.717, 1.165) is 12.8 Å². The average molecular weight is 208 g/mol. The van der Waals surface area contributed by atoms with E-state index in [4.69, 9.17) is 6.42 Å². The molecule has 3 heteroatoms. The van der Waals surface area contributed by atoms with Crippen LogP contribution in [0.25, 0.3) is 0 Å². The fraction of sp³-hybridized carbons (Fsp3) is 0.750. The van der Waals surface area contributed by atoms with Gasteiger partial charge in [0.1, 0.15) is 0 Å². The molecule has 0 heterocycles. The van der Waals surface area contributed by atoms with Gasteiger partial charge in [0, 0.05) is 6.04 Å². The number of hydrogen-bond donors (Lipinski definition) is 2. The Hall–Kier alpha value is -1.01. The van der Waals surface area contributed by atoms with Gasteiger partial charge in [-0.2, -0.15) is 0 Å². The number of rotatable bonds is 4. The van der Waals surface area contributed by atoms with E-state index in [-0.39, 0.29) is 5.91 Å². The van der Waals surface area contributed by atoms with E-state index in [1.165, 1.54) is 6.42 Å². The molecule has 1 aliphatic rings. The molecule has 1 atom stereocenters. The summed E-state index contributed by atoms with van der Waals surface area (Å²) in [6, 6.07) is 0.347. The van der Waals surface area contributed by atoms with Crippen molar-refractivity contribution in [2.75, 3.05) is 13.1 Å². The first-order valence-electron chi connectivity index (χ1n) is 5.47. The second kappa shape index (κ2) is 5.18. The molecule has 1 rings (SSSR count). The molecule has 0 bridgehead atoms. The molecule has 1 fully saturated rings. The fourth-order valence-electron chi connectivity index (χ4n) is 2.09. The molecule has 3 nitrogen and oxygen atoms in total. The predicted molar refractivity (Wildman–Crippen MR) is 61.3 cm³/mol. The van der Waals surface area contributed by atoms with Crippen LogP contribution in [0, 0.1) is 17.8 Å². The first kappa shape index (κ1) is 12.1. The molecule has 0 radical (unpaired) electrons. The van der Waals surface area contributed by atoms with Crippen molar-refractivity contribution in [3.05, 3.63) is 0 Å². The van der Waals surface area contributed by atoms with Crippen molar-refractivity contribution < 1.29 is 4.79 Å². The Morgan fingerprint density at radius 2 is 2.33 bits per heavy atom. The van der Waals surface area contributed by atoms with E-state index in [1.807, 2.05) is 0 Å². The van der Waals surface area contributed by atoms with Gasteiger partial charge in [0.25, 0.3) is 0 Å². The smallest absolute Gasteiger partial charge is 0.234 e. The lowest BCUT2D eigenvalue weighted by atomic mass is 9.92. The minimum atomic E-state index is 0.0490. The van der Waals surface area contributed by atoms with Crippen LogP contribution < -0.4 is 10.6 Å². The first-order chi connectivity index (χ1) is 7.03. The molecule has 0 spiro atoms. The van der Waals surface area contributed by atoms with Crippen LogP contribution in [0.5, 0.6) is 0 Å². The van der Waals surface area contributed by atoms with Gasteiger partial charge in [-0.25, -0.2) is 0 Å². The summed E-state index contributed by atoms with van der Waals surface area (Å²) in [7, 11) is 0. The van der Waals surface area contributed by atoms with Gasteiger partial charge in [-0.15, -0.1) is 6.42 Å². The van der Waals surface area contributed by atoms with Crippen LogP contribution >= 0.6 is 0 Å². The van der Waals surface area contributed by atoms with E-state index < -0.39 is 0 Å². The van der Waals surface area contributed by atoms with Gasteiger partial charge in [0.05, 0.1) is 13.1 Å². The Balaban J connectivity index is 2.20. The van der Waals surface area contributed by atoms with E-state index >= 15 is 0 Å². The van der Waals surface area contributed by atoms with Crippen LogP contribution in [0.3, 0.4) is 0 Å². The molecule has 0 aromatic heterocycles. The molecule has 0 aliphatic heterocycles. The number of terminal acetylenes is 1. The lowest BCUT2D eigenvalue weighted by Gasteiger charge is -2.17. The maximum Gasteiger partial charge on any atom is 0.234 e. The minimum Gasteiger partial charge on any atom is -0.352 e. The first-order valence-corrected chi connectivity index (χ1v) is 5.47. The molecule has 0 saturated heterocycles. The second-order valence-electron chi connectivity index (χ2n) is 4.98. The van der Waals surface area contributed by atoms with Gasteiger partial charge >= 0.3 is 0 Å². The van der Waals surface area contributed by atoms with Crippen molar-refractivity contribution in [2.24, 2.45) is 5.41 Å². The molecule has 84 valence electrons. The highest BCUT2D eigenvalue weighted by Gasteiger charge is 2.31. The summed E-state index contributed by atoms with van der Waals surface area (Å²) >= 11 is 0. The number of hydrogen-bond acceptors (Lipinski definition) is 2. The Morgan fingerprint density at radius 3 is 2.87 bits per heavy atom. The Kier molecular flexibility index (Phi) is 4.16. The van der Waals surface area contributed by atoms with E-state index in [0.29, 0.717) is 24.5 Å². The molecular formula is C12H20N2O. The Bertz CT molecular complexity index is 265. The van der Waals surface area contributed by atoms with Crippen LogP contribution in [0.2, 0.25) is 0 Å². The molecule has 1 amide bonds. The van der Waals surface area contributed by atoms with E-state index in [9.17, 15) is 4.79 Å². The molecule has 0 aromatic carbocycles. The van der Waals surface area contributed by atoms with Crippen molar-refractivity contribution in [3.63, 3.8) is 0 Å². The normalized spacial score (nSPS) is 23.4. The highest BCUT2D eigenvalue weighted by Crippen LogP contribution is 2.36. The van der Waals surface area contributed by atoms with Crippen LogP contribution in [-0.2, 0) is 4.79 Å². The van der Waals surface area contributed by atoms with Gasteiger partial charge in [0.2, 0.25) is 5.91 Å². The van der Waals surface area contributed by atoms with Gasteiger partial charge in [0.15, 0.2) is 0 Å². The van der Waals surface area contributed by atoms with Gasteiger partial charge < -0.3 is 5.32 Å². The van der Waals surface area contributed by atoms with Crippen LogP contribution in [-0.4, -0.2) is 25.0 Å².